The number of benzene rings is 1. The van der Waals surface area contributed by atoms with Crippen LogP contribution in [0.25, 0.3) is 0 Å². The lowest BCUT2D eigenvalue weighted by molar-refractivity contribution is -0.220. The summed E-state index contributed by atoms with van der Waals surface area (Å²) in [5.41, 5.74) is -2.56. The molecule has 2 heterocycles. The minimum Gasteiger partial charge on any atom is -0.369 e. The van der Waals surface area contributed by atoms with Gasteiger partial charge in [-0.05, 0) is 32.1 Å². The molecule has 0 saturated carbocycles. The number of aromatic nitrogens is 1. The topological polar surface area (TPSA) is 65.5 Å². The summed E-state index contributed by atoms with van der Waals surface area (Å²) in [5.74, 6) is -4.83. The Balaban J connectivity index is 1.97. The van der Waals surface area contributed by atoms with E-state index >= 15 is 4.39 Å². The van der Waals surface area contributed by atoms with Crippen LogP contribution in [0, 0.1) is 23.0 Å². The van der Waals surface area contributed by atoms with E-state index in [1.54, 1.807) is 11.6 Å². The van der Waals surface area contributed by atoms with Crippen molar-refractivity contribution in [2.24, 2.45) is 5.41 Å². The van der Waals surface area contributed by atoms with Gasteiger partial charge in [0.05, 0.1) is 11.1 Å². The van der Waals surface area contributed by atoms with Crippen molar-refractivity contribution in [3.63, 3.8) is 0 Å². The molecule has 188 valence electrons. The fraction of sp³-hybridized carbons (Fsp3) is 0.450. The van der Waals surface area contributed by atoms with Crippen LogP contribution in [0.2, 0.25) is 5.02 Å². The number of alkyl halides is 3. The van der Waals surface area contributed by atoms with Crippen LogP contribution in [0.5, 0.6) is 0 Å². The van der Waals surface area contributed by atoms with E-state index in [2.05, 4.69) is 4.98 Å². The Morgan fingerprint density at radius 2 is 1.94 bits per heavy atom. The molecule has 1 N–H and O–H groups in total. The Bertz CT molecular complexity index is 1180. The van der Waals surface area contributed by atoms with Crippen LogP contribution in [0.3, 0.4) is 0 Å². The summed E-state index contributed by atoms with van der Waals surface area (Å²) in [6.45, 7) is 0.917. The van der Waals surface area contributed by atoms with Gasteiger partial charge in [-0.15, -0.1) is 0 Å². The predicted molar refractivity (Wildman–Crippen MR) is 115 cm³/mol. The van der Waals surface area contributed by atoms with Gasteiger partial charge in [0.1, 0.15) is 16.7 Å². The molecule has 1 aliphatic heterocycles. The second kappa shape index (κ2) is 9.42. The molecule has 14 heteroatoms. The lowest BCUT2D eigenvalue weighted by atomic mass is 9.85. The summed E-state index contributed by atoms with van der Waals surface area (Å²) < 4.78 is 112. The Hall–Kier alpha value is -2.25. The number of hydrogen-bond donors (Lipinski definition) is 1. The number of nitrogens with zero attached hydrogens (tertiary/aromatic N) is 3. The number of nitrogens with one attached hydrogen (secondary N) is 1. The average molecular weight is 531 g/mol. The fourth-order valence-electron chi connectivity index (χ4n) is 3.85. The van der Waals surface area contributed by atoms with Gasteiger partial charge in [0, 0.05) is 25.7 Å². The molecule has 1 fully saturated rings. The number of sulfonamides is 1. The molecule has 1 atom stereocenters. The van der Waals surface area contributed by atoms with Crippen LogP contribution in [0.1, 0.15) is 13.3 Å². The van der Waals surface area contributed by atoms with Crippen molar-refractivity contribution in [1.82, 2.24) is 9.88 Å². The molecule has 1 aliphatic rings. The van der Waals surface area contributed by atoms with Crippen molar-refractivity contribution >= 4 is 33.1 Å². The standard InChI is InChI=1S/C20H21ClF6N4O2S/c1-3-30(2)10-19(20(25,26)27)7-8-31(11-19)13-9-12(22)18(17(24)16(13)21)34(32,33)29-15-6-4-5-14(23)28-15/h4-6,9H,3,7-8,10-11H2,1-2H3,(H,28,29)/t19-/m0/s1. The van der Waals surface area contributed by atoms with Crippen LogP contribution in [0.4, 0.5) is 37.8 Å². The SMILES string of the molecule is CCN(C)C[C@@]1(C(F)(F)F)CCN(c2cc(F)c(S(=O)(=O)Nc3cccc(F)n3)c(F)c2Cl)C1. The van der Waals surface area contributed by atoms with E-state index in [-0.39, 0.29) is 19.5 Å². The van der Waals surface area contributed by atoms with Gasteiger partial charge in [0.2, 0.25) is 5.95 Å². The Morgan fingerprint density at radius 3 is 2.53 bits per heavy atom. The molecule has 1 aromatic carbocycles. The number of halogens is 7. The third-order valence-electron chi connectivity index (χ3n) is 5.73. The Labute approximate surface area is 197 Å². The second-order valence-corrected chi connectivity index (χ2v) is 10.1. The number of rotatable bonds is 7. The fourth-order valence-corrected chi connectivity index (χ4v) is 5.32. The molecule has 6 nitrogen and oxygen atoms in total. The van der Waals surface area contributed by atoms with Crippen molar-refractivity contribution in [3.8, 4) is 0 Å². The minimum absolute atomic E-state index is 0.201. The number of hydrogen-bond acceptors (Lipinski definition) is 5. The number of pyridine rings is 1. The van der Waals surface area contributed by atoms with Crippen LogP contribution < -0.4 is 9.62 Å². The molecule has 0 spiro atoms. The highest BCUT2D eigenvalue weighted by molar-refractivity contribution is 7.92. The largest absolute Gasteiger partial charge is 0.397 e. The zero-order chi connectivity index (χ0) is 25.5. The van der Waals surface area contributed by atoms with Gasteiger partial charge in [-0.1, -0.05) is 24.6 Å². The molecule has 0 aliphatic carbocycles. The summed E-state index contributed by atoms with van der Waals surface area (Å²) in [6.07, 6.45) is -4.94. The molecule has 3 rings (SSSR count). The van der Waals surface area contributed by atoms with E-state index in [9.17, 15) is 30.4 Å². The van der Waals surface area contributed by atoms with Gasteiger partial charge >= 0.3 is 6.18 Å². The molecule has 0 unspecified atom stereocenters. The predicted octanol–water partition coefficient (Wildman–Crippen LogP) is 4.66. The molecule has 0 bridgehead atoms. The van der Waals surface area contributed by atoms with E-state index in [1.807, 2.05) is 0 Å². The highest BCUT2D eigenvalue weighted by Gasteiger charge is 2.58. The maximum absolute atomic E-state index is 15.0. The van der Waals surface area contributed by atoms with Gasteiger partial charge in [-0.2, -0.15) is 17.6 Å². The second-order valence-electron chi connectivity index (χ2n) is 8.07. The van der Waals surface area contributed by atoms with Gasteiger partial charge < -0.3 is 9.80 Å². The monoisotopic (exact) mass is 530 g/mol. The maximum Gasteiger partial charge on any atom is 0.397 e. The van der Waals surface area contributed by atoms with E-state index in [1.165, 1.54) is 11.9 Å². The zero-order valence-electron chi connectivity index (χ0n) is 18.1. The summed E-state index contributed by atoms with van der Waals surface area (Å²) in [5, 5.41) is -0.851. The molecule has 0 amide bonds. The summed E-state index contributed by atoms with van der Waals surface area (Å²) in [4.78, 5) is 4.38. The average Bonchev–Trinajstić information content (AvgIpc) is 3.15. The van der Waals surface area contributed by atoms with Gasteiger partial charge in [-0.3, -0.25) is 4.72 Å². The van der Waals surface area contributed by atoms with E-state index in [0.29, 0.717) is 12.6 Å². The third kappa shape index (κ3) is 5.05. The van der Waals surface area contributed by atoms with Crippen LogP contribution >= 0.6 is 11.6 Å². The first-order chi connectivity index (χ1) is 15.7. The molecular weight excluding hydrogens is 510 g/mol. The van der Waals surface area contributed by atoms with Crippen molar-refractivity contribution < 1.29 is 34.8 Å². The van der Waals surface area contributed by atoms with Crippen molar-refractivity contribution in [2.75, 3.05) is 42.8 Å². The molecule has 34 heavy (non-hydrogen) atoms. The molecule has 1 aromatic heterocycles. The van der Waals surface area contributed by atoms with E-state index < -0.39 is 67.2 Å². The van der Waals surface area contributed by atoms with E-state index in [4.69, 9.17) is 11.6 Å². The smallest absolute Gasteiger partial charge is 0.369 e. The zero-order valence-corrected chi connectivity index (χ0v) is 19.6. The molecular formula is C20H21ClF6N4O2S. The highest BCUT2D eigenvalue weighted by Crippen LogP contribution is 2.48. The minimum atomic E-state index is -4.94. The van der Waals surface area contributed by atoms with Gasteiger partial charge in [0.25, 0.3) is 10.0 Å². The van der Waals surface area contributed by atoms with Crippen LogP contribution in [-0.2, 0) is 10.0 Å². The molecule has 2 aromatic rings. The maximum atomic E-state index is 15.0. The van der Waals surface area contributed by atoms with Crippen molar-refractivity contribution in [2.45, 2.75) is 24.4 Å². The molecule has 1 saturated heterocycles. The lowest BCUT2D eigenvalue weighted by Gasteiger charge is -2.35. The first-order valence-electron chi connectivity index (χ1n) is 10.0. The Kier molecular flexibility index (Phi) is 7.30. The van der Waals surface area contributed by atoms with Crippen LogP contribution in [-0.4, -0.2) is 57.7 Å². The first-order valence-corrected chi connectivity index (χ1v) is 11.9. The number of anilines is 2. The lowest BCUT2D eigenvalue weighted by Crippen LogP contribution is -2.48. The summed E-state index contributed by atoms with van der Waals surface area (Å²) in [6, 6.07) is 3.69. The van der Waals surface area contributed by atoms with Crippen LogP contribution in [0.15, 0.2) is 29.2 Å². The first kappa shape index (κ1) is 26.4. The van der Waals surface area contributed by atoms with Crippen molar-refractivity contribution in [3.05, 3.63) is 46.9 Å². The quantitative estimate of drug-likeness (QED) is 0.320. The van der Waals surface area contributed by atoms with Gasteiger partial charge in [-0.25, -0.2) is 22.2 Å². The summed E-state index contributed by atoms with van der Waals surface area (Å²) in [7, 11) is -3.41. The van der Waals surface area contributed by atoms with Crippen molar-refractivity contribution in [1.29, 1.82) is 0 Å². The van der Waals surface area contributed by atoms with E-state index in [0.717, 1.165) is 23.1 Å². The normalized spacial score (nSPS) is 19.2. The highest BCUT2D eigenvalue weighted by atomic mass is 35.5. The third-order valence-corrected chi connectivity index (χ3v) is 7.48. The Morgan fingerprint density at radius 1 is 1.26 bits per heavy atom. The summed E-state index contributed by atoms with van der Waals surface area (Å²) >= 11 is 5.98. The molecule has 0 radical (unpaired) electrons. The van der Waals surface area contributed by atoms with Gasteiger partial charge in [0.15, 0.2) is 10.7 Å².